The largest absolute Gasteiger partial charge is 0.492 e. The summed E-state index contributed by atoms with van der Waals surface area (Å²) in [6.07, 6.45) is 1.21. The summed E-state index contributed by atoms with van der Waals surface area (Å²) in [5, 5.41) is 4.06. The highest BCUT2D eigenvalue weighted by atomic mass is 35.5. The summed E-state index contributed by atoms with van der Waals surface area (Å²) in [4.78, 5) is 0. The minimum Gasteiger partial charge on any atom is -0.492 e. The molecule has 0 aromatic heterocycles. The van der Waals surface area contributed by atoms with E-state index < -0.39 is 0 Å². The normalized spacial score (nSPS) is 20.3. The molecule has 3 heteroatoms. The number of hydrogen-bond donors (Lipinski definition) is 1. The average molecular weight is 212 g/mol. The van der Waals surface area contributed by atoms with Crippen molar-refractivity contribution < 1.29 is 4.74 Å². The van der Waals surface area contributed by atoms with Gasteiger partial charge in [-0.2, -0.15) is 0 Å². The molecule has 1 aliphatic rings. The van der Waals surface area contributed by atoms with Crippen LogP contribution < -0.4 is 10.1 Å². The van der Waals surface area contributed by atoms with Gasteiger partial charge in [0, 0.05) is 11.1 Å². The van der Waals surface area contributed by atoms with E-state index in [1.54, 1.807) is 0 Å². The highest BCUT2D eigenvalue weighted by molar-refractivity contribution is 6.30. The first-order valence-electron chi connectivity index (χ1n) is 4.88. The molecule has 14 heavy (non-hydrogen) atoms. The fraction of sp³-hybridized carbons (Fsp3) is 0.455. The molecular weight excluding hydrogens is 198 g/mol. The molecule has 1 fully saturated rings. The predicted octanol–water partition coefficient (Wildman–Crippen LogP) is 2.39. The Hall–Kier alpha value is -0.730. The monoisotopic (exact) mass is 211 g/mol. The molecule has 0 aliphatic carbocycles. The van der Waals surface area contributed by atoms with Crippen molar-refractivity contribution in [1.29, 1.82) is 0 Å². The van der Waals surface area contributed by atoms with Gasteiger partial charge in [-0.15, -0.1) is 0 Å². The Balaban J connectivity index is 1.94. The van der Waals surface area contributed by atoms with Gasteiger partial charge >= 0.3 is 0 Å². The summed E-state index contributed by atoms with van der Waals surface area (Å²) in [5.74, 6) is 0.933. The lowest BCUT2D eigenvalue weighted by Gasteiger charge is -2.27. The second-order valence-electron chi connectivity index (χ2n) is 3.66. The van der Waals surface area contributed by atoms with Crippen LogP contribution in [0.25, 0.3) is 0 Å². The van der Waals surface area contributed by atoms with E-state index in [4.69, 9.17) is 16.3 Å². The smallest absolute Gasteiger partial charge is 0.122 e. The Bertz CT molecular complexity index is 323. The second-order valence-corrected chi connectivity index (χ2v) is 4.10. The van der Waals surface area contributed by atoms with Crippen molar-refractivity contribution in [3.8, 4) is 5.75 Å². The summed E-state index contributed by atoms with van der Waals surface area (Å²) in [7, 11) is 0. The van der Waals surface area contributed by atoms with Gasteiger partial charge < -0.3 is 10.1 Å². The Kier molecular flexibility index (Phi) is 2.94. The van der Waals surface area contributed by atoms with Crippen LogP contribution in [-0.4, -0.2) is 19.2 Å². The molecule has 1 unspecified atom stereocenters. The fourth-order valence-corrected chi connectivity index (χ4v) is 1.68. The predicted molar refractivity (Wildman–Crippen MR) is 58.1 cm³/mol. The first-order valence-corrected chi connectivity index (χ1v) is 5.26. The number of halogens is 1. The number of ether oxygens (including phenoxy) is 1. The molecule has 0 radical (unpaired) electrons. The molecule has 1 N–H and O–H groups in total. The highest BCUT2D eigenvalue weighted by Crippen LogP contribution is 2.22. The Morgan fingerprint density at radius 1 is 1.57 bits per heavy atom. The van der Waals surface area contributed by atoms with Crippen molar-refractivity contribution in [2.75, 3.05) is 13.2 Å². The van der Waals surface area contributed by atoms with Gasteiger partial charge in [0.15, 0.2) is 0 Å². The molecule has 0 saturated carbocycles. The van der Waals surface area contributed by atoms with E-state index in [1.165, 1.54) is 6.42 Å². The third-order valence-electron chi connectivity index (χ3n) is 2.50. The van der Waals surface area contributed by atoms with E-state index in [0.717, 1.165) is 29.5 Å². The fourth-order valence-electron chi connectivity index (χ4n) is 1.46. The summed E-state index contributed by atoms with van der Waals surface area (Å²) in [6, 6.07) is 6.24. The van der Waals surface area contributed by atoms with Crippen LogP contribution >= 0.6 is 11.6 Å². The van der Waals surface area contributed by atoms with Crippen LogP contribution in [0.5, 0.6) is 5.75 Å². The van der Waals surface area contributed by atoms with Crippen LogP contribution in [-0.2, 0) is 0 Å². The van der Waals surface area contributed by atoms with E-state index in [0.29, 0.717) is 6.04 Å². The van der Waals surface area contributed by atoms with E-state index in [2.05, 4.69) is 5.32 Å². The van der Waals surface area contributed by atoms with Crippen LogP contribution in [0.4, 0.5) is 0 Å². The lowest BCUT2D eigenvalue weighted by Crippen LogP contribution is -2.46. The Labute approximate surface area is 89.2 Å². The lowest BCUT2D eigenvalue weighted by atomic mass is 10.1. The van der Waals surface area contributed by atoms with Gasteiger partial charge in [0.05, 0.1) is 0 Å². The van der Waals surface area contributed by atoms with Crippen LogP contribution in [0, 0.1) is 6.92 Å². The molecule has 1 aliphatic heterocycles. The molecular formula is C11H14ClNO. The van der Waals surface area contributed by atoms with Gasteiger partial charge in [-0.05, 0) is 43.7 Å². The summed E-state index contributed by atoms with van der Waals surface area (Å²) in [6.45, 7) is 3.88. The van der Waals surface area contributed by atoms with Crippen molar-refractivity contribution in [1.82, 2.24) is 5.32 Å². The van der Waals surface area contributed by atoms with Crippen LogP contribution in [0.2, 0.25) is 5.02 Å². The van der Waals surface area contributed by atoms with Gasteiger partial charge in [-0.25, -0.2) is 0 Å². The summed E-state index contributed by atoms with van der Waals surface area (Å²) < 4.78 is 5.67. The summed E-state index contributed by atoms with van der Waals surface area (Å²) >= 11 is 5.85. The van der Waals surface area contributed by atoms with Crippen molar-refractivity contribution in [3.05, 3.63) is 28.8 Å². The molecule has 1 saturated heterocycles. The second kappa shape index (κ2) is 4.20. The molecule has 1 heterocycles. The van der Waals surface area contributed by atoms with E-state index in [9.17, 15) is 0 Å². The Morgan fingerprint density at radius 3 is 2.93 bits per heavy atom. The van der Waals surface area contributed by atoms with Crippen molar-refractivity contribution in [2.45, 2.75) is 19.4 Å². The van der Waals surface area contributed by atoms with Crippen molar-refractivity contribution in [2.24, 2.45) is 0 Å². The van der Waals surface area contributed by atoms with Crippen LogP contribution in [0.1, 0.15) is 12.0 Å². The maximum Gasteiger partial charge on any atom is 0.122 e. The van der Waals surface area contributed by atoms with Gasteiger partial charge in [-0.3, -0.25) is 0 Å². The molecule has 1 atom stereocenters. The molecule has 1 aromatic carbocycles. The maximum absolute atomic E-state index is 5.85. The highest BCUT2D eigenvalue weighted by Gasteiger charge is 2.16. The lowest BCUT2D eigenvalue weighted by molar-refractivity contribution is 0.216. The summed E-state index contributed by atoms with van der Waals surface area (Å²) in [5.41, 5.74) is 1.09. The third kappa shape index (κ3) is 2.20. The standard InChI is InChI=1S/C11H14ClNO/c1-8-6-9(12)2-3-11(8)14-7-10-4-5-13-10/h2-3,6,10,13H,4-5,7H2,1H3. The molecule has 76 valence electrons. The number of hydrogen-bond acceptors (Lipinski definition) is 2. The number of rotatable bonds is 3. The number of aryl methyl sites for hydroxylation is 1. The zero-order valence-corrected chi connectivity index (χ0v) is 8.97. The Morgan fingerprint density at radius 2 is 2.36 bits per heavy atom. The topological polar surface area (TPSA) is 21.3 Å². The first kappa shape index (κ1) is 9.81. The molecule has 0 bridgehead atoms. The SMILES string of the molecule is Cc1cc(Cl)ccc1OCC1CCN1. The minimum absolute atomic E-state index is 0.532. The molecule has 0 amide bonds. The van der Waals surface area contributed by atoms with Crippen molar-refractivity contribution >= 4 is 11.6 Å². The minimum atomic E-state index is 0.532. The molecule has 1 aromatic rings. The van der Waals surface area contributed by atoms with Gasteiger partial charge in [0.1, 0.15) is 12.4 Å². The molecule has 2 rings (SSSR count). The molecule has 2 nitrogen and oxygen atoms in total. The zero-order chi connectivity index (χ0) is 9.97. The van der Waals surface area contributed by atoms with Gasteiger partial charge in [0.2, 0.25) is 0 Å². The molecule has 0 spiro atoms. The zero-order valence-electron chi connectivity index (χ0n) is 8.22. The van der Waals surface area contributed by atoms with E-state index in [1.807, 2.05) is 25.1 Å². The van der Waals surface area contributed by atoms with Crippen LogP contribution in [0.15, 0.2) is 18.2 Å². The first-order chi connectivity index (χ1) is 6.75. The van der Waals surface area contributed by atoms with E-state index >= 15 is 0 Å². The van der Waals surface area contributed by atoms with Crippen LogP contribution in [0.3, 0.4) is 0 Å². The van der Waals surface area contributed by atoms with E-state index in [-0.39, 0.29) is 0 Å². The third-order valence-corrected chi connectivity index (χ3v) is 2.74. The quantitative estimate of drug-likeness (QED) is 0.829. The number of benzene rings is 1. The average Bonchev–Trinajstić information content (AvgIpc) is 2.05. The van der Waals surface area contributed by atoms with Gasteiger partial charge in [0.25, 0.3) is 0 Å². The number of nitrogens with one attached hydrogen (secondary N) is 1. The van der Waals surface area contributed by atoms with Gasteiger partial charge in [-0.1, -0.05) is 11.6 Å². The maximum atomic E-state index is 5.85. The van der Waals surface area contributed by atoms with Crippen molar-refractivity contribution in [3.63, 3.8) is 0 Å².